The average Bonchev–Trinajstić information content (AvgIpc) is 3.42. The second kappa shape index (κ2) is 8.14. The van der Waals surface area contributed by atoms with E-state index in [1.165, 1.54) is 18.3 Å². The Morgan fingerprint density at radius 3 is 2.33 bits per heavy atom. The molecule has 8 nitrogen and oxygen atoms in total. The van der Waals surface area contributed by atoms with Crippen LogP contribution in [-0.2, 0) is 9.59 Å². The van der Waals surface area contributed by atoms with Crippen LogP contribution < -0.4 is 5.73 Å². The zero-order valence-corrected chi connectivity index (χ0v) is 18.4. The second-order valence-electron chi connectivity index (χ2n) is 8.18. The van der Waals surface area contributed by atoms with Crippen molar-refractivity contribution in [2.75, 3.05) is 26.2 Å². The molecular weight excluding hydrogens is 424 g/mol. The summed E-state index contributed by atoms with van der Waals surface area (Å²) in [7, 11) is 0. The highest BCUT2D eigenvalue weighted by atomic mass is 32.2. The minimum absolute atomic E-state index is 0.0253. The zero-order chi connectivity index (χ0) is 21.5. The van der Waals surface area contributed by atoms with E-state index in [0.29, 0.717) is 35.9 Å². The fraction of sp³-hybridized carbons (Fsp3) is 0.550. The number of thiophene rings is 1. The number of thioether (sulfide) groups is 1. The van der Waals surface area contributed by atoms with Gasteiger partial charge in [-0.15, -0.1) is 11.3 Å². The van der Waals surface area contributed by atoms with Crippen LogP contribution in [-0.4, -0.2) is 69.9 Å². The van der Waals surface area contributed by atoms with Crippen LogP contribution in [0.1, 0.15) is 52.0 Å². The maximum Gasteiger partial charge on any atom is 0.263 e. The third kappa shape index (κ3) is 4.15. The van der Waals surface area contributed by atoms with Gasteiger partial charge in [0.15, 0.2) is 11.0 Å². The van der Waals surface area contributed by atoms with Gasteiger partial charge in [0, 0.05) is 32.6 Å². The van der Waals surface area contributed by atoms with Gasteiger partial charge in [-0.05, 0) is 43.7 Å². The molecule has 3 aliphatic rings. The Morgan fingerprint density at radius 2 is 1.77 bits per heavy atom. The van der Waals surface area contributed by atoms with Gasteiger partial charge in [-0.3, -0.25) is 19.2 Å². The van der Waals surface area contributed by atoms with Gasteiger partial charge in [0.25, 0.3) is 11.8 Å². The number of likely N-dealkylation sites (tertiary alicyclic amines) is 2. The van der Waals surface area contributed by atoms with E-state index < -0.39 is 5.25 Å². The van der Waals surface area contributed by atoms with Crippen LogP contribution in [0.4, 0.5) is 0 Å². The van der Waals surface area contributed by atoms with E-state index >= 15 is 0 Å². The summed E-state index contributed by atoms with van der Waals surface area (Å²) in [5, 5.41) is -0.270. The van der Waals surface area contributed by atoms with E-state index in [1.807, 2.05) is 9.80 Å². The quantitative estimate of drug-likeness (QED) is 0.702. The molecule has 4 heterocycles. The lowest BCUT2D eigenvalue weighted by Gasteiger charge is -2.39. The number of carbonyl (C=O) groups excluding carboxylic acids is 4. The Labute approximate surface area is 182 Å². The minimum atomic E-state index is -0.501. The topological polar surface area (TPSA) is 113 Å². The van der Waals surface area contributed by atoms with Crippen molar-refractivity contribution in [3.63, 3.8) is 0 Å². The molecule has 1 aromatic heterocycles. The lowest BCUT2D eigenvalue weighted by Crippen LogP contribution is -2.44. The Balaban J connectivity index is 1.30. The number of nitrogens with two attached hydrogens (primary N) is 1. The Kier molecular flexibility index (Phi) is 5.71. The Bertz CT molecular complexity index is 933. The highest BCUT2D eigenvalue weighted by Gasteiger charge is 2.43. The number of rotatable bonds is 4. The molecule has 0 bridgehead atoms. The number of hydrogen-bond acceptors (Lipinski definition) is 7. The zero-order valence-electron chi connectivity index (χ0n) is 16.8. The number of piperidine rings is 1. The first-order valence-electron chi connectivity index (χ1n) is 9.99. The van der Waals surface area contributed by atoms with E-state index in [0.717, 1.165) is 31.0 Å². The smallest absolute Gasteiger partial charge is 0.263 e. The van der Waals surface area contributed by atoms with Crippen LogP contribution in [0.5, 0.6) is 0 Å². The van der Waals surface area contributed by atoms with Crippen molar-refractivity contribution < 1.29 is 19.2 Å². The van der Waals surface area contributed by atoms with Crippen LogP contribution in [0.25, 0.3) is 0 Å². The van der Waals surface area contributed by atoms with Crippen LogP contribution in [0.15, 0.2) is 17.1 Å². The van der Waals surface area contributed by atoms with Gasteiger partial charge in [0.05, 0.1) is 9.75 Å². The summed E-state index contributed by atoms with van der Waals surface area (Å²) in [5.74, 6) is -0.411. The molecule has 160 valence electrons. The molecular formula is C20H24N4O4S2. The molecule has 1 unspecified atom stereocenters. The molecule has 2 fully saturated rings. The number of amides is 3. The van der Waals surface area contributed by atoms with Gasteiger partial charge in [-0.25, -0.2) is 0 Å². The summed E-state index contributed by atoms with van der Waals surface area (Å²) >= 11 is 2.40. The van der Waals surface area contributed by atoms with Gasteiger partial charge >= 0.3 is 0 Å². The van der Waals surface area contributed by atoms with Crippen molar-refractivity contribution in [3.05, 3.63) is 21.9 Å². The predicted octanol–water partition coefficient (Wildman–Crippen LogP) is 1.75. The van der Waals surface area contributed by atoms with Crippen molar-refractivity contribution in [1.82, 2.24) is 9.80 Å². The lowest BCUT2D eigenvalue weighted by atomic mass is 9.77. The first-order valence-corrected chi connectivity index (χ1v) is 11.7. The number of aliphatic imine (C=N–C) groups is 1. The number of ketones is 1. The van der Waals surface area contributed by atoms with Gasteiger partial charge in [-0.2, -0.15) is 4.99 Å². The normalized spacial score (nSPS) is 23.2. The molecule has 0 aromatic carbocycles. The molecule has 10 heteroatoms. The van der Waals surface area contributed by atoms with E-state index in [4.69, 9.17) is 5.73 Å². The number of amidine groups is 1. The molecule has 1 atom stereocenters. The highest BCUT2D eigenvalue weighted by Crippen LogP contribution is 2.41. The second-order valence-corrected chi connectivity index (χ2v) is 10.5. The van der Waals surface area contributed by atoms with E-state index in [2.05, 4.69) is 4.99 Å². The molecule has 3 amide bonds. The van der Waals surface area contributed by atoms with Crippen LogP contribution in [0.2, 0.25) is 0 Å². The maximum atomic E-state index is 12.8. The van der Waals surface area contributed by atoms with Gasteiger partial charge in [-0.1, -0.05) is 11.8 Å². The summed E-state index contributed by atoms with van der Waals surface area (Å²) in [4.78, 5) is 57.3. The summed E-state index contributed by atoms with van der Waals surface area (Å²) < 4.78 is 0. The molecule has 0 saturated carbocycles. The van der Waals surface area contributed by atoms with Crippen molar-refractivity contribution >= 4 is 51.8 Å². The Hall–Kier alpha value is -2.20. The monoisotopic (exact) mass is 448 g/mol. The fourth-order valence-electron chi connectivity index (χ4n) is 4.36. The number of hydrogen-bond donors (Lipinski definition) is 1. The molecule has 1 spiro atoms. The van der Waals surface area contributed by atoms with E-state index in [9.17, 15) is 19.2 Å². The van der Waals surface area contributed by atoms with Crippen LogP contribution in [0, 0.1) is 5.41 Å². The Morgan fingerprint density at radius 1 is 1.13 bits per heavy atom. The SMILES string of the molecule is CC(=O)c1ccc(C(=O)N2CCC3(CCN(C(=O)CC4SC(N)=NC4=O)C3)CC2)s1. The predicted molar refractivity (Wildman–Crippen MR) is 116 cm³/mol. The maximum absolute atomic E-state index is 12.8. The molecule has 1 aromatic rings. The van der Waals surface area contributed by atoms with Gasteiger partial charge in [0.2, 0.25) is 5.91 Å². The molecule has 3 aliphatic heterocycles. The minimum Gasteiger partial charge on any atom is -0.378 e. The average molecular weight is 449 g/mol. The van der Waals surface area contributed by atoms with Crippen LogP contribution in [0.3, 0.4) is 0 Å². The largest absolute Gasteiger partial charge is 0.378 e. The number of nitrogens with zero attached hydrogens (tertiary/aromatic N) is 3. The van der Waals surface area contributed by atoms with Gasteiger partial charge < -0.3 is 15.5 Å². The van der Waals surface area contributed by atoms with Crippen molar-refractivity contribution in [1.29, 1.82) is 0 Å². The van der Waals surface area contributed by atoms with Crippen LogP contribution >= 0.6 is 23.1 Å². The number of carbonyl (C=O) groups is 4. The van der Waals surface area contributed by atoms with Gasteiger partial charge in [0.1, 0.15) is 5.25 Å². The molecule has 4 rings (SSSR count). The summed E-state index contributed by atoms with van der Waals surface area (Å²) in [6.45, 7) is 4.15. The third-order valence-electron chi connectivity index (χ3n) is 6.18. The summed E-state index contributed by atoms with van der Waals surface area (Å²) in [6, 6.07) is 3.43. The highest BCUT2D eigenvalue weighted by molar-refractivity contribution is 8.15. The standard InChI is InChI=1S/C20H24N4O4S2/c1-12(25)13-2-3-14(29-13)18(28)23-7-4-20(5-8-23)6-9-24(11-20)16(26)10-15-17(27)22-19(21)30-15/h2-3,15H,4-11H2,1H3,(H2,21,22,27). The molecule has 2 saturated heterocycles. The van der Waals surface area contributed by atoms with Crippen molar-refractivity contribution in [3.8, 4) is 0 Å². The lowest BCUT2D eigenvalue weighted by molar-refractivity contribution is -0.132. The first-order chi connectivity index (χ1) is 14.3. The van der Waals surface area contributed by atoms with Crippen molar-refractivity contribution in [2.45, 2.75) is 37.9 Å². The van der Waals surface area contributed by atoms with E-state index in [1.54, 1.807) is 12.1 Å². The molecule has 0 aliphatic carbocycles. The third-order valence-corrected chi connectivity index (χ3v) is 8.34. The van der Waals surface area contributed by atoms with E-state index in [-0.39, 0.29) is 40.5 Å². The first kappa shape index (κ1) is 21.0. The summed E-state index contributed by atoms with van der Waals surface area (Å²) in [6.07, 6.45) is 2.74. The molecule has 0 radical (unpaired) electrons. The fourth-order valence-corrected chi connectivity index (χ4v) is 6.04. The molecule has 2 N–H and O–H groups in total. The number of Topliss-reactive ketones (excluding diaryl/α,β-unsaturated/α-hetero) is 1. The molecule has 30 heavy (non-hydrogen) atoms. The summed E-state index contributed by atoms with van der Waals surface area (Å²) in [5.41, 5.74) is 5.61. The van der Waals surface area contributed by atoms with Crippen molar-refractivity contribution in [2.24, 2.45) is 16.1 Å².